The van der Waals surface area contributed by atoms with Crippen LogP contribution in [-0.4, -0.2) is 50.7 Å². The molecule has 2 amide bonds. The Bertz CT molecular complexity index is 918. The zero-order chi connectivity index (χ0) is 19.3. The van der Waals surface area contributed by atoms with Gasteiger partial charge in [-0.3, -0.25) is 5.32 Å². The molecule has 0 saturated carbocycles. The third-order valence-corrected chi connectivity index (χ3v) is 4.37. The SMILES string of the molecule is COc1nc(C)nc(NC(=O)NS(=O)(=O)c2cccc(OC)c2OC)n1. The van der Waals surface area contributed by atoms with Crippen LogP contribution in [0.3, 0.4) is 0 Å². The normalized spacial score (nSPS) is 10.8. The Hall–Kier alpha value is -3.15. The van der Waals surface area contributed by atoms with Gasteiger partial charge in [0.25, 0.3) is 10.0 Å². The van der Waals surface area contributed by atoms with Crippen molar-refractivity contribution < 1.29 is 27.4 Å². The number of rotatable bonds is 6. The van der Waals surface area contributed by atoms with Crippen molar-refractivity contribution in [2.75, 3.05) is 26.6 Å². The zero-order valence-electron chi connectivity index (χ0n) is 14.4. The number of hydrogen-bond acceptors (Lipinski definition) is 9. The summed E-state index contributed by atoms with van der Waals surface area (Å²) in [6, 6.07) is 3.16. The highest BCUT2D eigenvalue weighted by Crippen LogP contribution is 2.33. The third-order valence-electron chi connectivity index (χ3n) is 3.02. The molecule has 12 heteroatoms. The topological polar surface area (TPSA) is 142 Å². The number of amides is 2. The number of aromatic nitrogens is 3. The van der Waals surface area contributed by atoms with E-state index in [4.69, 9.17) is 14.2 Å². The van der Waals surface area contributed by atoms with Crippen molar-refractivity contribution in [3.05, 3.63) is 24.0 Å². The Balaban J connectivity index is 2.25. The number of para-hydroxylation sites is 1. The van der Waals surface area contributed by atoms with Crippen molar-refractivity contribution in [2.45, 2.75) is 11.8 Å². The number of anilines is 1. The molecule has 0 fully saturated rings. The van der Waals surface area contributed by atoms with Crippen LogP contribution in [0.4, 0.5) is 10.7 Å². The summed E-state index contributed by atoms with van der Waals surface area (Å²) < 4.78 is 41.8. The highest BCUT2D eigenvalue weighted by Gasteiger charge is 2.25. The second-order valence-electron chi connectivity index (χ2n) is 4.74. The minimum atomic E-state index is -4.25. The monoisotopic (exact) mass is 383 g/mol. The van der Waals surface area contributed by atoms with Gasteiger partial charge in [0.1, 0.15) is 10.7 Å². The molecule has 0 aliphatic rings. The Morgan fingerprint density at radius 1 is 1.04 bits per heavy atom. The Morgan fingerprint density at radius 3 is 2.38 bits per heavy atom. The Labute approximate surface area is 149 Å². The summed E-state index contributed by atoms with van der Waals surface area (Å²) in [7, 11) is -0.250. The second-order valence-corrected chi connectivity index (χ2v) is 6.40. The molecule has 0 bridgehead atoms. The molecule has 11 nitrogen and oxygen atoms in total. The van der Waals surface area contributed by atoms with Crippen molar-refractivity contribution in [1.82, 2.24) is 19.7 Å². The number of carbonyl (C=O) groups is 1. The molecule has 0 atom stereocenters. The fourth-order valence-electron chi connectivity index (χ4n) is 1.98. The summed E-state index contributed by atoms with van der Waals surface area (Å²) in [5, 5.41) is 2.21. The van der Waals surface area contributed by atoms with Gasteiger partial charge >= 0.3 is 12.0 Å². The smallest absolute Gasteiger partial charge is 0.335 e. The first kappa shape index (κ1) is 19.2. The molecule has 0 unspecified atom stereocenters. The van der Waals surface area contributed by atoms with Gasteiger partial charge in [-0.15, -0.1) is 0 Å². The molecule has 0 spiro atoms. The van der Waals surface area contributed by atoms with Gasteiger partial charge in [-0.2, -0.15) is 15.0 Å². The molecule has 140 valence electrons. The minimum absolute atomic E-state index is 0.0230. The largest absolute Gasteiger partial charge is 0.493 e. The van der Waals surface area contributed by atoms with E-state index in [1.807, 2.05) is 4.72 Å². The van der Waals surface area contributed by atoms with Crippen LogP contribution >= 0.6 is 0 Å². The van der Waals surface area contributed by atoms with Crippen LogP contribution in [0.1, 0.15) is 5.82 Å². The van der Waals surface area contributed by atoms with Gasteiger partial charge in [0.15, 0.2) is 11.5 Å². The Morgan fingerprint density at radius 2 is 1.77 bits per heavy atom. The fourth-order valence-corrected chi connectivity index (χ4v) is 3.07. The molecule has 2 aromatic rings. The van der Waals surface area contributed by atoms with E-state index in [-0.39, 0.29) is 34.2 Å². The first-order chi connectivity index (χ1) is 12.3. The molecular formula is C14H17N5O6S. The quantitative estimate of drug-likeness (QED) is 0.737. The number of urea groups is 1. The van der Waals surface area contributed by atoms with Crippen LogP contribution in [0.5, 0.6) is 17.5 Å². The minimum Gasteiger partial charge on any atom is -0.493 e. The molecule has 0 radical (unpaired) electrons. The van der Waals surface area contributed by atoms with Crippen LogP contribution in [0.25, 0.3) is 0 Å². The first-order valence-corrected chi connectivity index (χ1v) is 8.60. The lowest BCUT2D eigenvalue weighted by atomic mass is 10.3. The average molecular weight is 383 g/mol. The first-order valence-electron chi connectivity index (χ1n) is 7.12. The van der Waals surface area contributed by atoms with Crippen molar-refractivity contribution in [3.8, 4) is 17.5 Å². The Kier molecular flexibility index (Phi) is 5.77. The van der Waals surface area contributed by atoms with Crippen molar-refractivity contribution >= 4 is 22.0 Å². The van der Waals surface area contributed by atoms with Crippen LogP contribution < -0.4 is 24.2 Å². The summed E-state index contributed by atoms with van der Waals surface area (Å²) >= 11 is 0. The highest BCUT2D eigenvalue weighted by molar-refractivity contribution is 7.90. The summed E-state index contributed by atoms with van der Waals surface area (Å²) in [6.45, 7) is 1.56. The summed E-state index contributed by atoms with van der Waals surface area (Å²) in [5.74, 6) is 0.283. The number of ether oxygens (including phenoxy) is 3. The molecule has 0 saturated heterocycles. The van der Waals surface area contributed by atoms with Crippen molar-refractivity contribution in [3.63, 3.8) is 0 Å². The lowest BCUT2D eigenvalue weighted by Gasteiger charge is -2.13. The van der Waals surface area contributed by atoms with E-state index in [0.717, 1.165) is 0 Å². The maximum atomic E-state index is 12.5. The number of methoxy groups -OCH3 is 3. The zero-order valence-corrected chi connectivity index (χ0v) is 15.2. The van der Waals surface area contributed by atoms with Crippen LogP contribution in [0.2, 0.25) is 0 Å². The molecule has 0 aliphatic heterocycles. The summed E-state index contributed by atoms with van der Waals surface area (Å²) in [4.78, 5) is 23.3. The van der Waals surface area contributed by atoms with Gasteiger partial charge in [-0.1, -0.05) is 6.07 Å². The predicted octanol–water partition coefficient (Wildman–Crippen LogP) is 0.716. The van der Waals surface area contributed by atoms with Crippen LogP contribution in [0, 0.1) is 6.92 Å². The standard InChI is InChI=1S/C14H17N5O6S/c1-8-15-12(18-14(16-8)25-4)17-13(20)19-26(21,22)10-7-5-6-9(23-2)11(10)24-3/h5-7H,1-4H3,(H2,15,16,17,18,19,20). The van der Waals surface area contributed by atoms with Gasteiger partial charge < -0.3 is 14.2 Å². The van der Waals surface area contributed by atoms with Crippen molar-refractivity contribution in [1.29, 1.82) is 0 Å². The number of nitrogens with one attached hydrogen (secondary N) is 2. The molecule has 2 N–H and O–H groups in total. The van der Waals surface area contributed by atoms with E-state index < -0.39 is 16.1 Å². The maximum absolute atomic E-state index is 12.5. The van der Waals surface area contributed by atoms with Gasteiger partial charge in [-0.25, -0.2) is 17.9 Å². The molecule has 26 heavy (non-hydrogen) atoms. The molecule has 2 rings (SSSR count). The van der Waals surface area contributed by atoms with Crippen LogP contribution in [0.15, 0.2) is 23.1 Å². The number of carbonyl (C=O) groups excluding carboxylic acids is 1. The molecule has 0 aliphatic carbocycles. The highest BCUT2D eigenvalue weighted by atomic mass is 32.2. The lowest BCUT2D eigenvalue weighted by Crippen LogP contribution is -2.35. The number of hydrogen-bond donors (Lipinski definition) is 2. The van der Waals surface area contributed by atoms with E-state index in [1.165, 1.54) is 39.5 Å². The van der Waals surface area contributed by atoms with Crippen molar-refractivity contribution in [2.24, 2.45) is 0 Å². The summed E-state index contributed by atoms with van der Waals surface area (Å²) in [5.41, 5.74) is 0. The number of nitrogens with zero attached hydrogens (tertiary/aromatic N) is 3. The van der Waals surface area contributed by atoms with Gasteiger partial charge in [0, 0.05) is 0 Å². The maximum Gasteiger partial charge on any atom is 0.335 e. The molecular weight excluding hydrogens is 366 g/mol. The van der Waals surface area contributed by atoms with Gasteiger partial charge in [0.2, 0.25) is 5.95 Å². The van der Waals surface area contributed by atoms with E-state index >= 15 is 0 Å². The molecule has 1 heterocycles. The number of sulfonamides is 1. The molecule has 1 aromatic carbocycles. The molecule has 1 aromatic heterocycles. The van der Waals surface area contributed by atoms with Gasteiger partial charge in [0.05, 0.1) is 21.3 Å². The van der Waals surface area contributed by atoms with E-state index in [0.29, 0.717) is 0 Å². The van der Waals surface area contributed by atoms with E-state index in [9.17, 15) is 13.2 Å². The third kappa shape index (κ3) is 4.27. The summed E-state index contributed by atoms with van der Waals surface area (Å²) in [6.07, 6.45) is 0. The fraction of sp³-hybridized carbons (Fsp3) is 0.286. The van der Waals surface area contributed by atoms with E-state index in [1.54, 1.807) is 6.92 Å². The second kappa shape index (κ2) is 7.82. The lowest BCUT2D eigenvalue weighted by molar-refractivity contribution is 0.256. The van der Waals surface area contributed by atoms with E-state index in [2.05, 4.69) is 20.3 Å². The van der Waals surface area contributed by atoms with Gasteiger partial charge in [-0.05, 0) is 19.1 Å². The predicted molar refractivity (Wildman–Crippen MR) is 90.0 cm³/mol. The number of aryl methyl sites for hydroxylation is 1. The van der Waals surface area contributed by atoms with Crippen LogP contribution in [-0.2, 0) is 10.0 Å². The average Bonchev–Trinajstić information content (AvgIpc) is 2.59. The number of benzene rings is 1.